The normalized spacial score (nSPS) is 14.6. The highest BCUT2D eigenvalue weighted by atomic mass is 35.5. The molecule has 1 aliphatic heterocycles. The third-order valence-electron chi connectivity index (χ3n) is 5.46. The molecule has 1 fully saturated rings. The van der Waals surface area contributed by atoms with Crippen LogP contribution < -0.4 is 21.5 Å². The molecule has 13 nitrogen and oxygen atoms in total. The Labute approximate surface area is 215 Å². The molecular weight excluding hydrogens is 541 g/mol. The van der Waals surface area contributed by atoms with E-state index in [2.05, 4.69) is 15.3 Å². The van der Waals surface area contributed by atoms with Crippen molar-refractivity contribution >= 4 is 40.7 Å². The van der Waals surface area contributed by atoms with Gasteiger partial charge in [-0.2, -0.15) is 18.2 Å². The van der Waals surface area contributed by atoms with Crippen LogP contribution in [-0.4, -0.2) is 85.3 Å². The number of hydrogen-bond donors (Lipinski definition) is 5. The molecule has 1 aliphatic rings. The van der Waals surface area contributed by atoms with Gasteiger partial charge in [-0.3, -0.25) is 18.9 Å². The number of halogens is 4. The number of benzene rings is 1. The van der Waals surface area contributed by atoms with Crippen LogP contribution in [-0.2, 0) is 9.59 Å². The fraction of sp³-hybridized carbons (Fsp3) is 0.381. The molecule has 0 saturated carbocycles. The van der Waals surface area contributed by atoms with Crippen molar-refractivity contribution in [2.75, 3.05) is 37.7 Å². The fourth-order valence-corrected chi connectivity index (χ4v) is 4.01. The minimum Gasteiger partial charge on any atom is -0.480 e. The number of hydrogen-bond acceptors (Lipinski definition) is 8. The van der Waals surface area contributed by atoms with Crippen LogP contribution in [0.1, 0.15) is 12.5 Å². The fourth-order valence-electron chi connectivity index (χ4n) is 3.79. The number of aromatic amines is 1. The molecule has 2 aromatic heterocycles. The van der Waals surface area contributed by atoms with Crippen molar-refractivity contribution in [1.82, 2.24) is 24.4 Å². The van der Waals surface area contributed by atoms with E-state index in [4.69, 9.17) is 21.5 Å². The number of aliphatic carboxylic acids is 2. The smallest absolute Gasteiger partial charge is 0.480 e. The topological polar surface area (TPSA) is 183 Å². The van der Waals surface area contributed by atoms with Crippen LogP contribution in [0.15, 0.2) is 33.9 Å². The van der Waals surface area contributed by atoms with Crippen molar-refractivity contribution in [3.63, 3.8) is 0 Å². The number of aromatic nitrogens is 4. The van der Waals surface area contributed by atoms with E-state index in [1.54, 1.807) is 28.8 Å². The summed E-state index contributed by atoms with van der Waals surface area (Å²) < 4.78 is 34.2. The zero-order valence-electron chi connectivity index (χ0n) is 19.4. The third kappa shape index (κ3) is 5.98. The highest BCUT2D eigenvalue weighted by molar-refractivity contribution is 6.32. The number of aliphatic hydroxyl groups is 1. The number of carboxylic acids is 2. The van der Waals surface area contributed by atoms with E-state index in [0.717, 1.165) is 4.57 Å². The van der Waals surface area contributed by atoms with Crippen LogP contribution >= 0.6 is 11.6 Å². The van der Waals surface area contributed by atoms with Gasteiger partial charge >= 0.3 is 23.8 Å². The van der Waals surface area contributed by atoms with Gasteiger partial charge in [-0.1, -0.05) is 23.7 Å². The highest BCUT2D eigenvalue weighted by Crippen LogP contribution is 2.30. The van der Waals surface area contributed by atoms with E-state index < -0.39 is 42.0 Å². The molecule has 1 atom stereocenters. The first-order valence-electron chi connectivity index (χ1n) is 11.0. The summed E-state index contributed by atoms with van der Waals surface area (Å²) in [5.74, 6) is -3.70. The van der Waals surface area contributed by atoms with Crippen molar-refractivity contribution in [3.8, 4) is 5.69 Å². The van der Waals surface area contributed by atoms with E-state index in [9.17, 15) is 37.8 Å². The molecule has 0 amide bonds. The predicted octanol–water partition coefficient (Wildman–Crippen LogP) is 0.580. The Kier molecular flexibility index (Phi) is 8.80. The largest absolute Gasteiger partial charge is 0.490 e. The zero-order valence-corrected chi connectivity index (χ0v) is 20.2. The number of fused-ring (bicyclic) bond motifs is 1. The summed E-state index contributed by atoms with van der Waals surface area (Å²) in [6.07, 6.45) is -5.31. The second kappa shape index (κ2) is 11.7. The zero-order chi connectivity index (χ0) is 28.2. The lowest BCUT2D eigenvalue weighted by molar-refractivity contribution is -0.192. The number of H-pyrrole nitrogens is 1. The molecular formula is C21H22ClF3N6O7. The van der Waals surface area contributed by atoms with Crippen molar-refractivity contribution in [3.05, 3.63) is 50.1 Å². The predicted molar refractivity (Wildman–Crippen MR) is 128 cm³/mol. The van der Waals surface area contributed by atoms with Crippen LogP contribution in [0.25, 0.3) is 16.9 Å². The number of carboxylic acid groups (broad SMARTS) is 2. The van der Waals surface area contributed by atoms with E-state index in [1.165, 1.54) is 0 Å². The lowest BCUT2D eigenvalue weighted by Gasteiger charge is -2.28. The number of nitrogens with one attached hydrogen (secondary N) is 2. The number of nitrogens with zero attached hydrogens (tertiary/aromatic N) is 4. The van der Waals surface area contributed by atoms with Gasteiger partial charge in [0.15, 0.2) is 11.2 Å². The van der Waals surface area contributed by atoms with Gasteiger partial charge in [-0.15, -0.1) is 0 Å². The summed E-state index contributed by atoms with van der Waals surface area (Å²) in [7, 11) is 0. The molecule has 5 N–H and O–H groups in total. The third-order valence-corrected chi connectivity index (χ3v) is 5.78. The standard InChI is InChI=1S/C19H21ClN6O5.C2HF3O2/c20-11-3-1-2-4-12(11)25-14-15(22-18(25)24-8-6-21-7-9-24)26(19(31)23-16(14)28)13(5-10-27)17(29)30;3-2(4,5)1(6)7/h1-4,13,21,27H,5-10H2,(H,29,30)(H,23,28,31);(H,6,7). The molecule has 38 heavy (non-hydrogen) atoms. The summed E-state index contributed by atoms with van der Waals surface area (Å²) in [5, 5.41) is 29.7. The maximum Gasteiger partial charge on any atom is 0.490 e. The van der Waals surface area contributed by atoms with Crippen LogP contribution in [0.5, 0.6) is 0 Å². The average molecular weight is 563 g/mol. The summed E-state index contributed by atoms with van der Waals surface area (Å²) in [4.78, 5) is 55.0. The van der Waals surface area contributed by atoms with Gasteiger partial charge < -0.3 is 25.5 Å². The molecule has 0 radical (unpaired) electrons. The van der Waals surface area contributed by atoms with Gasteiger partial charge in [0, 0.05) is 39.2 Å². The summed E-state index contributed by atoms with van der Waals surface area (Å²) >= 11 is 6.43. The monoisotopic (exact) mass is 562 g/mol. The Morgan fingerprint density at radius 3 is 2.26 bits per heavy atom. The minimum absolute atomic E-state index is 0.00502. The second-order valence-electron chi connectivity index (χ2n) is 7.91. The van der Waals surface area contributed by atoms with Crippen molar-refractivity contribution in [2.24, 2.45) is 0 Å². The van der Waals surface area contributed by atoms with Gasteiger partial charge in [0.2, 0.25) is 5.95 Å². The van der Waals surface area contributed by atoms with Crippen molar-refractivity contribution in [1.29, 1.82) is 0 Å². The lowest BCUT2D eigenvalue weighted by atomic mass is 10.2. The van der Waals surface area contributed by atoms with Crippen molar-refractivity contribution in [2.45, 2.75) is 18.6 Å². The quantitative estimate of drug-likeness (QED) is 0.285. The molecule has 0 spiro atoms. The van der Waals surface area contributed by atoms with E-state index in [0.29, 0.717) is 42.8 Å². The summed E-state index contributed by atoms with van der Waals surface area (Å²) in [5.41, 5.74) is -1.22. The average Bonchev–Trinajstić information content (AvgIpc) is 3.24. The molecule has 0 aliphatic carbocycles. The Morgan fingerprint density at radius 1 is 1.13 bits per heavy atom. The Balaban J connectivity index is 0.000000505. The second-order valence-corrected chi connectivity index (χ2v) is 8.31. The van der Waals surface area contributed by atoms with Gasteiger partial charge in [0.1, 0.15) is 6.04 Å². The highest BCUT2D eigenvalue weighted by Gasteiger charge is 2.38. The van der Waals surface area contributed by atoms with Crippen LogP contribution in [0.2, 0.25) is 5.02 Å². The van der Waals surface area contributed by atoms with Crippen LogP contribution in [0.4, 0.5) is 19.1 Å². The molecule has 1 unspecified atom stereocenters. The van der Waals surface area contributed by atoms with E-state index >= 15 is 0 Å². The minimum atomic E-state index is -5.08. The SMILES string of the molecule is O=C(O)C(CCO)n1c(=O)[nH]c(=O)c2c1nc(N1CCNCC1)n2-c1ccccc1Cl.O=C(O)C(F)(F)F. The number of imidazole rings is 1. The molecule has 3 aromatic rings. The van der Waals surface area contributed by atoms with Crippen LogP contribution in [0.3, 0.4) is 0 Å². The summed E-state index contributed by atoms with van der Waals surface area (Å²) in [6, 6.07) is 5.48. The Bertz CT molecular complexity index is 1450. The van der Waals surface area contributed by atoms with Crippen LogP contribution in [0, 0.1) is 0 Å². The number of piperazine rings is 1. The first-order valence-corrected chi connectivity index (χ1v) is 11.4. The molecule has 4 rings (SSSR count). The molecule has 0 bridgehead atoms. The number of anilines is 1. The maximum absolute atomic E-state index is 12.9. The number of carbonyl (C=O) groups is 2. The van der Waals surface area contributed by atoms with Crippen molar-refractivity contribution < 1.29 is 38.1 Å². The number of para-hydroxylation sites is 1. The van der Waals surface area contributed by atoms with Gasteiger partial charge in [-0.25, -0.2) is 14.4 Å². The van der Waals surface area contributed by atoms with E-state index in [1.807, 2.05) is 4.90 Å². The maximum atomic E-state index is 12.9. The Hall–Kier alpha value is -3.89. The number of rotatable bonds is 6. The first-order chi connectivity index (χ1) is 17.9. The van der Waals surface area contributed by atoms with E-state index in [-0.39, 0.29) is 17.6 Å². The number of alkyl halides is 3. The molecule has 1 saturated heterocycles. The summed E-state index contributed by atoms with van der Waals surface area (Å²) in [6.45, 7) is 2.11. The lowest BCUT2D eigenvalue weighted by Crippen LogP contribution is -2.44. The van der Waals surface area contributed by atoms with Gasteiger partial charge in [-0.05, 0) is 12.1 Å². The molecule has 206 valence electrons. The molecule has 17 heteroatoms. The number of aliphatic hydroxyl groups excluding tert-OH is 1. The molecule has 3 heterocycles. The van der Waals surface area contributed by atoms with Gasteiger partial charge in [0.05, 0.1) is 10.7 Å². The van der Waals surface area contributed by atoms with Gasteiger partial charge in [0.25, 0.3) is 5.56 Å². The first kappa shape index (κ1) is 28.7. The Morgan fingerprint density at radius 2 is 1.74 bits per heavy atom. The molecule has 1 aromatic carbocycles.